The number of hydrogen-bond donors (Lipinski definition) is 2. The van der Waals surface area contributed by atoms with Crippen LogP contribution in [0.4, 0.5) is 0 Å². The van der Waals surface area contributed by atoms with Crippen LogP contribution in [-0.2, 0) is 23.1 Å². The molecule has 164 valence electrons. The maximum Gasteiger partial charge on any atom is 0.287 e. The Labute approximate surface area is 185 Å². The first-order chi connectivity index (χ1) is 15.4. The summed E-state index contributed by atoms with van der Waals surface area (Å²) in [4.78, 5) is 12.9. The molecule has 3 N–H and O–H groups in total. The maximum atomic E-state index is 12.9. The van der Waals surface area contributed by atoms with Crippen molar-refractivity contribution in [1.29, 1.82) is 0 Å². The number of furan rings is 1. The van der Waals surface area contributed by atoms with E-state index in [1.807, 2.05) is 54.6 Å². The van der Waals surface area contributed by atoms with Crippen LogP contribution < -0.4 is 15.2 Å². The zero-order valence-electron chi connectivity index (χ0n) is 17.2. The van der Waals surface area contributed by atoms with Gasteiger partial charge in [0.25, 0.3) is 5.91 Å². The van der Waals surface area contributed by atoms with Crippen molar-refractivity contribution in [2.45, 2.75) is 17.9 Å². The predicted octanol–water partition coefficient (Wildman–Crippen LogP) is 3.63. The van der Waals surface area contributed by atoms with Gasteiger partial charge in [-0.15, -0.1) is 0 Å². The summed E-state index contributed by atoms with van der Waals surface area (Å²) in [6.45, 7) is 0.544. The van der Waals surface area contributed by atoms with Gasteiger partial charge in [-0.1, -0.05) is 48.5 Å². The van der Waals surface area contributed by atoms with Gasteiger partial charge in [0.15, 0.2) is 5.76 Å². The fraction of sp³-hybridized carbons (Fsp3) is 0.125. The van der Waals surface area contributed by atoms with Gasteiger partial charge in [-0.2, -0.15) is 0 Å². The molecule has 4 rings (SSSR count). The molecule has 0 aliphatic carbocycles. The average Bonchev–Trinajstić information content (AvgIpc) is 3.17. The molecule has 3 aromatic carbocycles. The normalized spacial score (nSPS) is 11.4. The Kier molecular flexibility index (Phi) is 6.25. The third-order valence-electron chi connectivity index (χ3n) is 4.98. The number of para-hydroxylation sites is 2. The van der Waals surface area contributed by atoms with E-state index in [0.29, 0.717) is 29.9 Å². The standard InChI is InChI=1S/C24H22N2O5S/c25-32(28,29)19-12-10-17(11-13-19)14-15-26-24(27)23-21(16-30-18-6-2-1-3-7-18)20-8-4-5-9-22(20)31-23/h1-13H,14-16H2,(H,26,27)(H2,25,28,29). The van der Waals surface area contributed by atoms with Crippen molar-refractivity contribution in [3.8, 4) is 5.75 Å². The first-order valence-corrected chi connectivity index (χ1v) is 11.5. The number of ether oxygens (including phenoxy) is 1. The van der Waals surface area contributed by atoms with Crippen LogP contribution in [0.5, 0.6) is 5.75 Å². The maximum absolute atomic E-state index is 12.9. The number of fused-ring (bicyclic) bond motifs is 1. The smallest absolute Gasteiger partial charge is 0.287 e. The summed E-state index contributed by atoms with van der Waals surface area (Å²) in [5.74, 6) is 0.577. The molecule has 0 aliphatic heterocycles. The SMILES string of the molecule is NS(=O)(=O)c1ccc(CCNC(=O)c2oc3ccccc3c2COc2ccccc2)cc1. The zero-order chi connectivity index (χ0) is 22.6. The first kappa shape index (κ1) is 21.6. The highest BCUT2D eigenvalue weighted by Gasteiger charge is 2.20. The number of sulfonamides is 1. The van der Waals surface area contributed by atoms with Crippen LogP contribution in [-0.4, -0.2) is 20.9 Å². The van der Waals surface area contributed by atoms with Crippen molar-refractivity contribution in [2.75, 3.05) is 6.54 Å². The minimum absolute atomic E-state index is 0.0515. The third-order valence-corrected chi connectivity index (χ3v) is 5.91. The lowest BCUT2D eigenvalue weighted by Gasteiger charge is -2.08. The Balaban J connectivity index is 1.45. The molecule has 0 fully saturated rings. The van der Waals surface area contributed by atoms with Crippen molar-refractivity contribution in [3.05, 3.63) is 95.7 Å². The predicted molar refractivity (Wildman–Crippen MR) is 121 cm³/mol. The zero-order valence-corrected chi connectivity index (χ0v) is 18.0. The molecule has 0 aliphatic rings. The Hall–Kier alpha value is -3.62. The molecule has 32 heavy (non-hydrogen) atoms. The molecular formula is C24H22N2O5S. The Morgan fingerprint density at radius 2 is 1.62 bits per heavy atom. The topological polar surface area (TPSA) is 112 Å². The number of carbonyl (C=O) groups excluding carboxylic acids is 1. The second-order valence-electron chi connectivity index (χ2n) is 7.20. The minimum Gasteiger partial charge on any atom is -0.489 e. The van der Waals surface area contributed by atoms with E-state index >= 15 is 0 Å². The van der Waals surface area contributed by atoms with E-state index in [-0.39, 0.29) is 23.2 Å². The number of nitrogens with two attached hydrogens (primary N) is 1. The number of rotatable bonds is 8. The van der Waals surface area contributed by atoms with E-state index < -0.39 is 10.0 Å². The lowest BCUT2D eigenvalue weighted by molar-refractivity contribution is 0.0925. The van der Waals surface area contributed by atoms with Crippen LogP contribution in [0.2, 0.25) is 0 Å². The summed E-state index contributed by atoms with van der Waals surface area (Å²) in [6.07, 6.45) is 0.521. The molecule has 0 saturated carbocycles. The van der Waals surface area contributed by atoms with E-state index in [1.165, 1.54) is 12.1 Å². The van der Waals surface area contributed by atoms with Gasteiger partial charge in [0.2, 0.25) is 10.0 Å². The highest BCUT2D eigenvalue weighted by molar-refractivity contribution is 7.89. The van der Waals surface area contributed by atoms with Gasteiger partial charge in [-0.3, -0.25) is 4.79 Å². The number of hydrogen-bond acceptors (Lipinski definition) is 5. The van der Waals surface area contributed by atoms with Crippen molar-refractivity contribution in [3.63, 3.8) is 0 Å². The van der Waals surface area contributed by atoms with E-state index in [0.717, 1.165) is 10.9 Å². The summed E-state index contributed by atoms with van der Waals surface area (Å²) in [5.41, 5.74) is 2.16. The van der Waals surface area contributed by atoms with Gasteiger partial charge < -0.3 is 14.5 Å². The summed E-state index contributed by atoms with van der Waals surface area (Å²) in [7, 11) is -3.73. The van der Waals surface area contributed by atoms with Crippen molar-refractivity contribution < 1.29 is 22.4 Å². The van der Waals surface area contributed by atoms with E-state index in [2.05, 4.69) is 5.32 Å². The Morgan fingerprint density at radius 3 is 2.34 bits per heavy atom. The highest BCUT2D eigenvalue weighted by Crippen LogP contribution is 2.27. The molecule has 1 heterocycles. The van der Waals surface area contributed by atoms with Gasteiger partial charge in [-0.05, 0) is 42.3 Å². The summed E-state index contributed by atoms with van der Waals surface area (Å²) < 4.78 is 34.4. The third kappa shape index (κ3) is 4.99. The quantitative estimate of drug-likeness (QED) is 0.426. The highest BCUT2D eigenvalue weighted by atomic mass is 32.2. The molecule has 8 heteroatoms. The molecular weight excluding hydrogens is 428 g/mol. The summed E-state index contributed by atoms with van der Waals surface area (Å²) in [5, 5.41) is 8.80. The van der Waals surface area contributed by atoms with Crippen LogP contribution in [0.3, 0.4) is 0 Å². The minimum atomic E-state index is -3.73. The lowest BCUT2D eigenvalue weighted by atomic mass is 10.1. The number of benzene rings is 3. The largest absolute Gasteiger partial charge is 0.489 e. The van der Waals surface area contributed by atoms with Gasteiger partial charge in [0.05, 0.1) is 4.90 Å². The van der Waals surface area contributed by atoms with Crippen LogP contribution in [0.1, 0.15) is 21.7 Å². The van der Waals surface area contributed by atoms with Crippen molar-refractivity contribution >= 4 is 26.9 Å². The van der Waals surface area contributed by atoms with E-state index in [9.17, 15) is 13.2 Å². The van der Waals surface area contributed by atoms with Crippen LogP contribution >= 0.6 is 0 Å². The molecule has 0 unspecified atom stereocenters. The number of carbonyl (C=O) groups is 1. The second-order valence-corrected chi connectivity index (χ2v) is 8.76. The van der Waals surface area contributed by atoms with Gasteiger partial charge in [0, 0.05) is 17.5 Å². The molecule has 0 atom stereocenters. The molecule has 0 saturated heterocycles. The van der Waals surface area contributed by atoms with E-state index in [1.54, 1.807) is 12.1 Å². The van der Waals surface area contributed by atoms with E-state index in [4.69, 9.17) is 14.3 Å². The second kappa shape index (κ2) is 9.25. The Bertz CT molecular complexity index is 1330. The lowest BCUT2D eigenvalue weighted by Crippen LogP contribution is -2.26. The summed E-state index contributed by atoms with van der Waals surface area (Å²) in [6, 6.07) is 23.1. The average molecular weight is 451 g/mol. The Morgan fingerprint density at radius 1 is 0.938 bits per heavy atom. The fourth-order valence-electron chi connectivity index (χ4n) is 3.34. The van der Waals surface area contributed by atoms with Gasteiger partial charge >= 0.3 is 0 Å². The molecule has 1 amide bonds. The number of nitrogens with one attached hydrogen (secondary N) is 1. The van der Waals surface area contributed by atoms with Crippen molar-refractivity contribution in [1.82, 2.24) is 5.32 Å². The molecule has 0 bridgehead atoms. The van der Waals surface area contributed by atoms with Crippen LogP contribution in [0.25, 0.3) is 11.0 Å². The first-order valence-electron chi connectivity index (χ1n) is 10.00. The molecule has 0 spiro atoms. The van der Waals surface area contributed by atoms with Gasteiger partial charge in [-0.25, -0.2) is 13.6 Å². The van der Waals surface area contributed by atoms with Crippen LogP contribution in [0.15, 0.2) is 88.2 Å². The molecule has 7 nitrogen and oxygen atoms in total. The number of primary sulfonamides is 1. The van der Waals surface area contributed by atoms with Gasteiger partial charge in [0.1, 0.15) is 17.9 Å². The van der Waals surface area contributed by atoms with Crippen molar-refractivity contribution in [2.24, 2.45) is 5.14 Å². The fourth-order valence-corrected chi connectivity index (χ4v) is 3.86. The summed E-state index contributed by atoms with van der Waals surface area (Å²) >= 11 is 0. The van der Waals surface area contributed by atoms with Crippen LogP contribution in [0, 0.1) is 0 Å². The number of amides is 1. The molecule has 4 aromatic rings. The molecule has 1 aromatic heterocycles. The molecule has 0 radical (unpaired) electrons. The monoisotopic (exact) mass is 450 g/mol.